The number of pyridine rings is 1. The van der Waals surface area contributed by atoms with Gasteiger partial charge in [0.15, 0.2) is 0 Å². The van der Waals surface area contributed by atoms with Crippen LogP contribution in [0.15, 0.2) is 36.4 Å². The highest BCUT2D eigenvalue weighted by Crippen LogP contribution is 2.33. The van der Waals surface area contributed by atoms with Gasteiger partial charge in [-0.25, -0.2) is 9.78 Å². The van der Waals surface area contributed by atoms with E-state index in [9.17, 15) is 18.0 Å². The molecule has 0 bridgehead atoms. The predicted molar refractivity (Wildman–Crippen MR) is 72.7 cm³/mol. The first kappa shape index (κ1) is 16.1. The molecule has 0 fully saturated rings. The van der Waals surface area contributed by atoms with E-state index >= 15 is 0 Å². The Labute approximate surface area is 128 Å². The van der Waals surface area contributed by atoms with Gasteiger partial charge in [-0.3, -0.25) is 0 Å². The number of para-hydroxylation sites is 1. The molecular formula is C14H9ClF3NO3. The summed E-state index contributed by atoms with van der Waals surface area (Å²) in [5, 5.41) is -0.175. The molecule has 1 aromatic carbocycles. The molecule has 4 nitrogen and oxygen atoms in total. The van der Waals surface area contributed by atoms with Gasteiger partial charge in [0.2, 0.25) is 0 Å². The van der Waals surface area contributed by atoms with Crippen LogP contribution in [0.1, 0.15) is 10.4 Å². The maximum atomic E-state index is 12.4. The van der Waals surface area contributed by atoms with Gasteiger partial charge in [-0.2, -0.15) is 0 Å². The zero-order valence-corrected chi connectivity index (χ0v) is 11.9. The highest BCUT2D eigenvalue weighted by molar-refractivity contribution is 6.32. The third-order valence-electron chi connectivity index (χ3n) is 2.64. The number of aromatic nitrogens is 1. The van der Waals surface area contributed by atoms with Crippen LogP contribution in [0.2, 0.25) is 5.15 Å². The molecule has 1 aromatic heterocycles. The lowest BCUT2D eigenvalue weighted by Gasteiger charge is -2.13. The summed E-state index contributed by atoms with van der Waals surface area (Å²) in [5.41, 5.74) is 0.248. The molecule has 0 unspecified atom stereocenters. The van der Waals surface area contributed by atoms with Crippen LogP contribution in [-0.2, 0) is 4.74 Å². The maximum Gasteiger partial charge on any atom is 0.573 e. The molecule has 2 aromatic rings. The van der Waals surface area contributed by atoms with Crippen molar-refractivity contribution in [3.05, 3.63) is 47.1 Å². The minimum atomic E-state index is -4.83. The van der Waals surface area contributed by atoms with E-state index in [2.05, 4.69) is 14.5 Å². The fraction of sp³-hybridized carbons (Fsp3) is 0.143. The molecule has 0 spiro atoms. The molecule has 0 aliphatic rings. The Kier molecular flexibility index (Phi) is 4.56. The number of esters is 1. The molecule has 0 radical (unpaired) electrons. The van der Waals surface area contributed by atoms with E-state index in [0.717, 1.165) is 6.07 Å². The third-order valence-corrected chi connectivity index (χ3v) is 2.93. The number of benzene rings is 1. The molecule has 22 heavy (non-hydrogen) atoms. The molecule has 1 heterocycles. The average Bonchev–Trinajstić information content (AvgIpc) is 2.45. The Bertz CT molecular complexity index is 704. The number of alkyl halides is 3. The number of carbonyl (C=O) groups excluding carboxylic acids is 1. The zero-order chi connectivity index (χ0) is 16.3. The minimum absolute atomic E-state index is 0.0159. The molecule has 0 atom stereocenters. The number of hydrogen-bond donors (Lipinski definition) is 0. The third kappa shape index (κ3) is 3.67. The summed E-state index contributed by atoms with van der Waals surface area (Å²) in [6.45, 7) is 0. The topological polar surface area (TPSA) is 48.4 Å². The average molecular weight is 332 g/mol. The largest absolute Gasteiger partial charge is 0.573 e. The fourth-order valence-corrected chi connectivity index (χ4v) is 1.97. The lowest BCUT2D eigenvalue weighted by Crippen LogP contribution is -2.17. The van der Waals surface area contributed by atoms with E-state index in [1.165, 1.54) is 37.4 Å². The van der Waals surface area contributed by atoms with E-state index in [0.29, 0.717) is 0 Å². The van der Waals surface area contributed by atoms with Crippen LogP contribution in [0.3, 0.4) is 0 Å². The monoisotopic (exact) mass is 331 g/mol. The first-order valence-electron chi connectivity index (χ1n) is 5.92. The number of methoxy groups -OCH3 is 1. The van der Waals surface area contributed by atoms with Gasteiger partial charge >= 0.3 is 12.3 Å². The number of rotatable bonds is 3. The Hall–Kier alpha value is -2.28. The van der Waals surface area contributed by atoms with Crippen molar-refractivity contribution in [3.8, 4) is 17.0 Å². The van der Waals surface area contributed by atoms with Gasteiger partial charge in [0.05, 0.1) is 18.4 Å². The molecule has 2 rings (SSSR count). The maximum absolute atomic E-state index is 12.4. The van der Waals surface area contributed by atoms with Crippen molar-refractivity contribution in [3.63, 3.8) is 0 Å². The standard InChI is InChI=1S/C14H9ClF3NO3/c1-21-13(20)9-6-7-10(19-12(9)15)8-4-2-3-5-11(8)22-14(16,17)18/h2-7H,1H3. The van der Waals surface area contributed by atoms with Gasteiger partial charge < -0.3 is 9.47 Å². The van der Waals surface area contributed by atoms with E-state index in [-0.39, 0.29) is 22.0 Å². The van der Waals surface area contributed by atoms with Crippen LogP contribution < -0.4 is 4.74 Å². The van der Waals surface area contributed by atoms with Crippen LogP contribution in [0.25, 0.3) is 11.3 Å². The Morgan fingerprint density at radius 2 is 1.86 bits per heavy atom. The van der Waals surface area contributed by atoms with Gasteiger partial charge in [-0.05, 0) is 24.3 Å². The second kappa shape index (κ2) is 6.23. The van der Waals surface area contributed by atoms with Gasteiger partial charge in [0, 0.05) is 5.56 Å². The Morgan fingerprint density at radius 3 is 2.45 bits per heavy atom. The Morgan fingerprint density at radius 1 is 1.18 bits per heavy atom. The molecular weight excluding hydrogens is 323 g/mol. The molecule has 0 N–H and O–H groups in total. The Balaban J connectivity index is 2.45. The van der Waals surface area contributed by atoms with E-state index in [4.69, 9.17) is 11.6 Å². The summed E-state index contributed by atoms with van der Waals surface area (Å²) >= 11 is 5.86. The second-order valence-electron chi connectivity index (χ2n) is 4.07. The smallest absolute Gasteiger partial charge is 0.465 e. The van der Waals surface area contributed by atoms with Gasteiger partial charge in [0.1, 0.15) is 10.9 Å². The lowest BCUT2D eigenvalue weighted by atomic mass is 10.1. The van der Waals surface area contributed by atoms with Crippen molar-refractivity contribution in [2.75, 3.05) is 7.11 Å². The van der Waals surface area contributed by atoms with Crippen LogP contribution >= 0.6 is 11.6 Å². The summed E-state index contributed by atoms with van der Waals surface area (Å²) in [7, 11) is 1.18. The summed E-state index contributed by atoms with van der Waals surface area (Å²) in [6.07, 6.45) is -4.83. The zero-order valence-electron chi connectivity index (χ0n) is 11.1. The molecule has 8 heteroatoms. The van der Waals surface area contributed by atoms with Crippen molar-refractivity contribution in [1.82, 2.24) is 4.98 Å². The van der Waals surface area contributed by atoms with Crippen LogP contribution in [0.4, 0.5) is 13.2 Å². The summed E-state index contributed by atoms with van der Waals surface area (Å²) in [6, 6.07) is 8.17. The van der Waals surface area contributed by atoms with Crippen molar-refractivity contribution in [1.29, 1.82) is 0 Å². The molecule has 116 valence electrons. The highest BCUT2D eigenvalue weighted by atomic mass is 35.5. The number of hydrogen-bond acceptors (Lipinski definition) is 4. The van der Waals surface area contributed by atoms with Crippen molar-refractivity contribution in [2.45, 2.75) is 6.36 Å². The summed E-state index contributed by atoms with van der Waals surface area (Å²) in [5.74, 6) is -1.10. The van der Waals surface area contributed by atoms with Crippen molar-refractivity contribution >= 4 is 17.6 Å². The number of ether oxygens (including phenoxy) is 2. The molecule has 0 aliphatic carbocycles. The lowest BCUT2D eigenvalue weighted by molar-refractivity contribution is -0.274. The van der Waals surface area contributed by atoms with Gasteiger partial charge in [-0.15, -0.1) is 13.2 Å². The van der Waals surface area contributed by atoms with E-state index < -0.39 is 18.1 Å². The molecule has 0 aliphatic heterocycles. The quantitative estimate of drug-likeness (QED) is 0.628. The highest BCUT2D eigenvalue weighted by Gasteiger charge is 2.32. The van der Waals surface area contributed by atoms with Crippen molar-refractivity contribution < 1.29 is 27.4 Å². The first-order chi connectivity index (χ1) is 10.3. The first-order valence-corrected chi connectivity index (χ1v) is 6.29. The molecule has 0 saturated carbocycles. The van der Waals surface area contributed by atoms with Crippen LogP contribution in [0, 0.1) is 0 Å². The predicted octanol–water partition coefficient (Wildman–Crippen LogP) is 4.09. The molecule has 0 amide bonds. The number of nitrogens with zero attached hydrogens (tertiary/aromatic N) is 1. The van der Waals surface area contributed by atoms with E-state index in [1.54, 1.807) is 0 Å². The SMILES string of the molecule is COC(=O)c1ccc(-c2ccccc2OC(F)(F)F)nc1Cl. The summed E-state index contributed by atoms with van der Waals surface area (Å²) < 4.78 is 45.7. The fourth-order valence-electron chi connectivity index (χ4n) is 1.74. The minimum Gasteiger partial charge on any atom is -0.465 e. The normalized spacial score (nSPS) is 11.1. The summed E-state index contributed by atoms with van der Waals surface area (Å²) in [4.78, 5) is 15.3. The van der Waals surface area contributed by atoms with Crippen LogP contribution in [-0.4, -0.2) is 24.4 Å². The van der Waals surface area contributed by atoms with Gasteiger partial charge in [0.25, 0.3) is 0 Å². The van der Waals surface area contributed by atoms with Crippen LogP contribution in [0.5, 0.6) is 5.75 Å². The van der Waals surface area contributed by atoms with Gasteiger partial charge in [-0.1, -0.05) is 23.7 Å². The number of carbonyl (C=O) groups is 1. The second-order valence-corrected chi connectivity index (χ2v) is 4.43. The van der Waals surface area contributed by atoms with Crippen molar-refractivity contribution in [2.24, 2.45) is 0 Å². The van der Waals surface area contributed by atoms with E-state index in [1.807, 2.05) is 0 Å². The number of halogens is 4. The molecule has 0 saturated heterocycles.